The molecule has 0 aliphatic carbocycles. The monoisotopic (exact) mass is 361 g/mol. The SMILES string of the molecule is CCS(=O)(=O)NC(=O)c1cn(C)c(-c2c(Cl)cccc2Cl)n1. The first-order valence-electron chi connectivity index (χ1n) is 6.27. The summed E-state index contributed by atoms with van der Waals surface area (Å²) in [6.45, 7) is 1.43. The Bertz CT molecular complexity index is 811. The Morgan fingerprint density at radius 3 is 2.45 bits per heavy atom. The summed E-state index contributed by atoms with van der Waals surface area (Å²) in [5.41, 5.74) is 0.441. The van der Waals surface area contributed by atoms with Gasteiger partial charge in [-0.2, -0.15) is 0 Å². The molecule has 2 rings (SSSR count). The van der Waals surface area contributed by atoms with Crippen molar-refractivity contribution in [2.45, 2.75) is 6.92 Å². The largest absolute Gasteiger partial charge is 0.333 e. The van der Waals surface area contributed by atoms with Crippen molar-refractivity contribution < 1.29 is 13.2 Å². The fourth-order valence-corrected chi connectivity index (χ4v) is 2.88. The molecule has 1 amide bonds. The van der Waals surface area contributed by atoms with Gasteiger partial charge in [0.05, 0.1) is 21.4 Å². The van der Waals surface area contributed by atoms with E-state index < -0.39 is 15.9 Å². The lowest BCUT2D eigenvalue weighted by Crippen LogP contribution is -2.32. The third-order valence-corrected chi connectivity index (χ3v) is 4.81. The highest BCUT2D eigenvalue weighted by atomic mass is 35.5. The van der Waals surface area contributed by atoms with Crippen LogP contribution >= 0.6 is 23.2 Å². The number of rotatable bonds is 4. The van der Waals surface area contributed by atoms with Crippen LogP contribution in [0.5, 0.6) is 0 Å². The van der Waals surface area contributed by atoms with Crippen LogP contribution in [0, 0.1) is 0 Å². The Labute approximate surface area is 138 Å². The second kappa shape index (κ2) is 6.28. The Hall–Kier alpha value is -1.57. The van der Waals surface area contributed by atoms with Gasteiger partial charge in [0, 0.05) is 13.2 Å². The molecule has 0 saturated heterocycles. The number of nitrogens with one attached hydrogen (secondary N) is 1. The van der Waals surface area contributed by atoms with Gasteiger partial charge in [0.2, 0.25) is 10.0 Å². The molecule has 0 aliphatic rings. The molecular weight excluding hydrogens is 349 g/mol. The fraction of sp³-hybridized carbons (Fsp3) is 0.231. The molecular formula is C13H13Cl2N3O3S. The van der Waals surface area contributed by atoms with Crippen molar-refractivity contribution in [3.63, 3.8) is 0 Å². The van der Waals surface area contributed by atoms with Gasteiger partial charge in [-0.1, -0.05) is 29.3 Å². The number of imidazole rings is 1. The number of halogens is 2. The van der Waals surface area contributed by atoms with Crippen molar-refractivity contribution in [2.75, 3.05) is 5.75 Å². The maximum Gasteiger partial charge on any atom is 0.284 e. The normalized spacial score (nSPS) is 11.5. The summed E-state index contributed by atoms with van der Waals surface area (Å²) in [6, 6.07) is 5.00. The highest BCUT2D eigenvalue weighted by molar-refractivity contribution is 7.90. The summed E-state index contributed by atoms with van der Waals surface area (Å²) in [5.74, 6) is -0.629. The van der Waals surface area contributed by atoms with Crippen LogP contribution in [0.3, 0.4) is 0 Å². The number of hydrogen-bond donors (Lipinski definition) is 1. The lowest BCUT2D eigenvalue weighted by molar-refractivity contribution is 0.0977. The van der Waals surface area contributed by atoms with E-state index in [2.05, 4.69) is 4.98 Å². The van der Waals surface area contributed by atoms with Crippen molar-refractivity contribution in [3.8, 4) is 11.4 Å². The molecule has 22 heavy (non-hydrogen) atoms. The number of hydrogen-bond acceptors (Lipinski definition) is 4. The number of aromatic nitrogens is 2. The van der Waals surface area contributed by atoms with Gasteiger partial charge < -0.3 is 4.57 Å². The average Bonchev–Trinajstić information content (AvgIpc) is 2.80. The molecule has 0 atom stereocenters. The third kappa shape index (κ3) is 3.43. The van der Waals surface area contributed by atoms with E-state index in [9.17, 15) is 13.2 Å². The molecule has 6 nitrogen and oxygen atoms in total. The van der Waals surface area contributed by atoms with Gasteiger partial charge in [-0.3, -0.25) is 4.79 Å². The maximum atomic E-state index is 12.0. The molecule has 118 valence electrons. The van der Waals surface area contributed by atoms with Gasteiger partial charge in [-0.05, 0) is 19.1 Å². The third-order valence-electron chi connectivity index (χ3n) is 2.92. The van der Waals surface area contributed by atoms with Crippen LogP contribution < -0.4 is 4.72 Å². The Morgan fingerprint density at radius 2 is 1.91 bits per heavy atom. The van der Waals surface area contributed by atoms with E-state index in [0.717, 1.165) is 0 Å². The number of carbonyl (C=O) groups excluding carboxylic acids is 1. The first-order chi connectivity index (χ1) is 10.2. The molecule has 0 spiro atoms. The van der Waals surface area contributed by atoms with Crippen LogP contribution in [0.2, 0.25) is 10.0 Å². The van der Waals surface area contributed by atoms with E-state index >= 15 is 0 Å². The summed E-state index contributed by atoms with van der Waals surface area (Å²) in [6.07, 6.45) is 1.41. The van der Waals surface area contributed by atoms with Crippen LogP contribution in [0.4, 0.5) is 0 Å². The summed E-state index contributed by atoms with van der Waals surface area (Å²) in [5, 5.41) is 0.767. The number of sulfonamides is 1. The van der Waals surface area contributed by atoms with Crippen molar-refractivity contribution >= 4 is 39.1 Å². The fourth-order valence-electron chi connectivity index (χ4n) is 1.79. The summed E-state index contributed by atoms with van der Waals surface area (Å²) < 4.78 is 26.4. The molecule has 2 aromatic rings. The van der Waals surface area contributed by atoms with Crippen LogP contribution in [0.25, 0.3) is 11.4 Å². The first kappa shape index (κ1) is 16.8. The summed E-state index contributed by atoms with van der Waals surface area (Å²) in [4.78, 5) is 16.1. The minimum atomic E-state index is -3.65. The van der Waals surface area contributed by atoms with Crippen LogP contribution in [-0.2, 0) is 17.1 Å². The van der Waals surface area contributed by atoms with E-state index in [1.54, 1.807) is 29.8 Å². The van der Waals surface area contributed by atoms with Crippen LogP contribution in [-0.4, -0.2) is 29.6 Å². The topological polar surface area (TPSA) is 81.1 Å². The molecule has 0 fully saturated rings. The number of aryl methyl sites for hydroxylation is 1. The number of amides is 1. The molecule has 9 heteroatoms. The minimum Gasteiger partial charge on any atom is -0.333 e. The molecule has 1 aromatic heterocycles. The summed E-state index contributed by atoms with van der Waals surface area (Å²) in [7, 11) is -1.99. The predicted molar refractivity (Wildman–Crippen MR) is 85.6 cm³/mol. The second-order valence-electron chi connectivity index (χ2n) is 4.49. The van der Waals surface area contributed by atoms with Gasteiger partial charge in [0.25, 0.3) is 5.91 Å². The van der Waals surface area contributed by atoms with Crippen molar-refractivity contribution in [1.29, 1.82) is 0 Å². The van der Waals surface area contributed by atoms with E-state index in [0.29, 0.717) is 21.4 Å². The molecule has 0 bridgehead atoms. The highest BCUT2D eigenvalue weighted by Gasteiger charge is 2.20. The standard InChI is InChI=1S/C13H13Cl2N3O3S/c1-3-22(20,21)17-13(19)10-7-18(2)12(16-10)11-8(14)5-4-6-9(11)15/h4-7H,3H2,1-2H3,(H,17,19). The molecule has 0 saturated carbocycles. The molecule has 1 heterocycles. The average molecular weight is 362 g/mol. The predicted octanol–water partition coefficient (Wildman–Crippen LogP) is 2.47. The first-order valence-corrected chi connectivity index (χ1v) is 8.68. The second-order valence-corrected chi connectivity index (χ2v) is 7.32. The lowest BCUT2D eigenvalue weighted by atomic mass is 10.2. The molecule has 0 radical (unpaired) electrons. The molecule has 1 N–H and O–H groups in total. The highest BCUT2D eigenvalue weighted by Crippen LogP contribution is 2.33. The molecule has 1 aromatic carbocycles. The van der Waals surface area contributed by atoms with Crippen LogP contribution in [0.1, 0.15) is 17.4 Å². The molecule has 0 aliphatic heterocycles. The lowest BCUT2D eigenvalue weighted by Gasteiger charge is -2.06. The zero-order valence-electron chi connectivity index (χ0n) is 11.8. The van der Waals surface area contributed by atoms with E-state index in [-0.39, 0.29) is 11.4 Å². The Morgan fingerprint density at radius 1 is 1.32 bits per heavy atom. The van der Waals surface area contributed by atoms with E-state index in [1.165, 1.54) is 13.1 Å². The number of carbonyl (C=O) groups is 1. The van der Waals surface area contributed by atoms with Crippen LogP contribution in [0.15, 0.2) is 24.4 Å². The molecule has 0 unspecified atom stereocenters. The van der Waals surface area contributed by atoms with Gasteiger partial charge in [-0.15, -0.1) is 0 Å². The van der Waals surface area contributed by atoms with E-state index in [4.69, 9.17) is 23.2 Å². The van der Waals surface area contributed by atoms with Crippen molar-refractivity contribution in [2.24, 2.45) is 7.05 Å². The van der Waals surface area contributed by atoms with Gasteiger partial charge in [0.1, 0.15) is 11.5 Å². The minimum absolute atomic E-state index is 0.0366. The zero-order valence-corrected chi connectivity index (χ0v) is 14.1. The number of benzene rings is 1. The van der Waals surface area contributed by atoms with Crippen molar-refractivity contribution in [3.05, 3.63) is 40.1 Å². The van der Waals surface area contributed by atoms with E-state index in [1.807, 2.05) is 4.72 Å². The quantitative estimate of drug-likeness (QED) is 0.906. The Balaban J connectivity index is 2.43. The smallest absolute Gasteiger partial charge is 0.284 e. The van der Waals surface area contributed by atoms with Gasteiger partial charge >= 0.3 is 0 Å². The Kier molecular flexibility index (Phi) is 4.79. The zero-order chi connectivity index (χ0) is 16.5. The van der Waals surface area contributed by atoms with Gasteiger partial charge in [0.15, 0.2) is 0 Å². The maximum absolute atomic E-state index is 12.0. The van der Waals surface area contributed by atoms with Gasteiger partial charge in [-0.25, -0.2) is 18.1 Å². The van der Waals surface area contributed by atoms with Crippen molar-refractivity contribution in [1.82, 2.24) is 14.3 Å². The number of nitrogens with zero attached hydrogens (tertiary/aromatic N) is 2. The summed E-state index contributed by atoms with van der Waals surface area (Å²) >= 11 is 12.2.